The van der Waals surface area contributed by atoms with E-state index in [0.717, 1.165) is 19.1 Å². The van der Waals surface area contributed by atoms with Gasteiger partial charge in [-0.15, -0.1) is 0 Å². The van der Waals surface area contributed by atoms with Gasteiger partial charge in [-0.05, 0) is 6.92 Å². The fourth-order valence-electron chi connectivity index (χ4n) is 0.303. The van der Waals surface area contributed by atoms with Crippen LogP contribution in [0.2, 0.25) is 0 Å². The number of cyclic esters (lactones) is 2. The molecule has 0 N–H and O–H groups in total. The van der Waals surface area contributed by atoms with Crippen molar-refractivity contribution in [2.24, 2.45) is 0 Å². The minimum atomic E-state index is -1.08. The van der Waals surface area contributed by atoms with Gasteiger partial charge in [0.05, 0.1) is 0 Å². The van der Waals surface area contributed by atoms with Gasteiger partial charge in [-0.25, -0.2) is 9.59 Å². The van der Waals surface area contributed by atoms with E-state index in [-0.39, 0.29) is 29.6 Å². The van der Waals surface area contributed by atoms with Crippen LogP contribution in [0.25, 0.3) is 0 Å². The number of hydrogen-bond acceptors (Lipinski definition) is 5. The number of esters is 2. The molecule has 0 unspecified atom stereocenters. The molecule has 1 aliphatic heterocycles. The van der Waals surface area contributed by atoms with Gasteiger partial charge in [-0.2, -0.15) is 0 Å². The number of carbonyl (C=O) groups is 3. The topological polar surface area (TPSA) is 83.5 Å². The predicted octanol–water partition coefficient (Wildman–Crippen LogP) is -4.61. The summed E-state index contributed by atoms with van der Waals surface area (Å²) < 4.78 is 3.97. The van der Waals surface area contributed by atoms with Crippen LogP contribution in [0, 0.1) is 0 Å². The Labute approximate surface area is 90.7 Å². The summed E-state index contributed by atoms with van der Waals surface area (Å²) in [5.41, 5.74) is 0. The van der Waals surface area contributed by atoms with Crippen LogP contribution in [0.1, 0.15) is 6.92 Å². The second-order valence-electron chi connectivity index (χ2n) is 1.57. The molecule has 0 amide bonds. The van der Waals surface area contributed by atoms with Crippen molar-refractivity contribution in [3.8, 4) is 0 Å². The van der Waals surface area contributed by atoms with Gasteiger partial charge in [0.15, 0.2) is 0 Å². The molecule has 0 bridgehead atoms. The third-order valence-corrected chi connectivity index (χ3v) is 0.557. The number of hydrogen-bond donors (Lipinski definition) is 0. The standard InChI is InChI=1S/C4H2O3.C2H4O2.Na/c5-3-1-2-4(6)7-3;1-2(3)4;/h1-2H;1H3,(H,3,4);/q;;+1/p-1. The second kappa shape index (κ2) is 7.02. The van der Waals surface area contributed by atoms with E-state index in [4.69, 9.17) is 9.90 Å². The molecule has 0 saturated carbocycles. The fraction of sp³-hybridized carbons (Fsp3) is 0.167. The predicted molar refractivity (Wildman–Crippen MR) is 30.9 cm³/mol. The normalized spacial score (nSPS) is 12.4. The number of carbonyl (C=O) groups excluding carboxylic acids is 3. The molecule has 0 aromatic rings. The molecular weight excluding hydrogens is 175 g/mol. The van der Waals surface area contributed by atoms with Gasteiger partial charge in [0, 0.05) is 18.1 Å². The zero-order chi connectivity index (χ0) is 8.85. The van der Waals surface area contributed by atoms with Crippen LogP contribution in [0.15, 0.2) is 12.2 Å². The van der Waals surface area contributed by atoms with Gasteiger partial charge >= 0.3 is 41.5 Å². The van der Waals surface area contributed by atoms with E-state index in [2.05, 4.69) is 4.74 Å². The quantitative estimate of drug-likeness (QED) is 0.213. The molecule has 6 heteroatoms. The van der Waals surface area contributed by atoms with E-state index >= 15 is 0 Å². The van der Waals surface area contributed by atoms with E-state index in [0.29, 0.717) is 0 Å². The Morgan fingerprint density at radius 1 is 1.33 bits per heavy atom. The van der Waals surface area contributed by atoms with E-state index in [1.165, 1.54) is 0 Å². The molecule has 1 aliphatic rings. The van der Waals surface area contributed by atoms with Crippen molar-refractivity contribution in [1.29, 1.82) is 0 Å². The molecule has 0 saturated heterocycles. The van der Waals surface area contributed by atoms with Crippen molar-refractivity contribution in [1.82, 2.24) is 0 Å². The molecule has 5 nitrogen and oxygen atoms in total. The first kappa shape index (κ1) is 13.9. The number of ether oxygens (including phenoxy) is 1. The Hall–Kier alpha value is -0.650. The van der Waals surface area contributed by atoms with Crippen LogP contribution in [-0.2, 0) is 19.1 Å². The number of carboxylic acid groups (broad SMARTS) is 1. The number of carboxylic acids is 1. The van der Waals surface area contributed by atoms with Crippen LogP contribution >= 0.6 is 0 Å². The fourth-order valence-corrected chi connectivity index (χ4v) is 0.303. The number of aliphatic carboxylic acids is 1. The Morgan fingerprint density at radius 3 is 1.67 bits per heavy atom. The molecule has 1 rings (SSSR count). The largest absolute Gasteiger partial charge is 1.00 e. The van der Waals surface area contributed by atoms with E-state index in [9.17, 15) is 9.59 Å². The molecule has 0 aromatic carbocycles. The van der Waals surface area contributed by atoms with Crippen LogP contribution in [0.5, 0.6) is 0 Å². The van der Waals surface area contributed by atoms with Gasteiger partial charge in [0.2, 0.25) is 0 Å². The van der Waals surface area contributed by atoms with Gasteiger partial charge in [0.1, 0.15) is 0 Å². The Kier molecular flexibility index (Phi) is 8.14. The van der Waals surface area contributed by atoms with Crippen LogP contribution in [-0.4, -0.2) is 17.9 Å². The first-order valence-electron chi connectivity index (χ1n) is 2.64. The SMILES string of the molecule is CC(=O)[O-].O=C1C=CC(=O)O1.[Na+]. The van der Waals surface area contributed by atoms with Crippen LogP contribution < -0.4 is 34.7 Å². The molecule has 0 radical (unpaired) electrons. The van der Waals surface area contributed by atoms with Crippen molar-refractivity contribution >= 4 is 17.9 Å². The van der Waals surface area contributed by atoms with Crippen molar-refractivity contribution in [2.45, 2.75) is 6.92 Å². The summed E-state index contributed by atoms with van der Waals surface area (Å²) in [4.78, 5) is 28.7. The van der Waals surface area contributed by atoms with Crippen LogP contribution in [0.4, 0.5) is 0 Å². The van der Waals surface area contributed by atoms with E-state index in [1.54, 1.807) is 0 Å². The second-order valence-corrected chi connectivity index (χ2v) is 1.57. The summed E-state index contributed by atoms with van der Waals surface area (Å²) in [6, 6.07) is 0. The molecule has 0 spiro atoms. The summed E-state index contributed by atoms with van der Waals surface area (Å²) in [5.74, 6) is -2.24. The zero-order valence-corrected chi connectivity index (χ0v) is 8.70. The molecule has 60 valence electrons. The monoisotopic (exact) mass is 180 g/mol. The smallest absolute Gasteiger partial charge is 0.550 e. The number of rotatable bonds is 0. The Bertz CT molecular complexity index is 200. The average molecular weight is 180 g/mol. The van der Waals surface area contributed by atoms with Crippen molar-refractivity contribution in [3.63, 3.8) is 0 Å². The minimum absolute atomic E-state index is 0. The van der Waals surface area contributed by atoms with Crippen LogP contribution in [0.3, 0.4) is 0 Å². The molecule has 1 heterocycles. The third-order valence-electron chi connectivity index (χ3n) is 0.557. The summed E-state index contributed by atoms with van der Waals surface area (Å²) in [6.07, 6.45) is 2.17. The minimum Gasteiger partial charge on any atom is -0.550 e. The van der Waals surface area contributed by atoms with Gasteiger partial charge in [-0.1, -0.05) is 0 Å². The summed E-state index contributed by atoms with van der Waals surface area (Å²) in [7, 11) is 0. The van der Waals surface area contributed by atoms with Crippen molar-refractivity contribution in [2.75, 3.05) is 0 Å². The summed E-state index contributed by atoms with van der Waals surface area (Å²) in [6.45, 7) is 0.972. The van der Waals surface area contributed by atoms with Gasteiger partial charge in [-0.3, -0.25) is 0 Å². The molecule has 0 aliphatic carbocycles. The van der Waals surface area contributed by atoms with Gasteiger partial charge in [0.25, 0.3) is 0 Å². The molecule has 0 aromatic heterocycles. The maximum atomic E-state index is 9.92. The average Bonchev–Trinajstić information content (AvgIpc) is 2.13. The summed E-state index contributed by atoms with van der Waals surface area (Å²) in [5, 5.41) is 8.89. The molecular formula is C6H5NaO5. The maximum Gasteiger partial charge on any atom is 1.00 e. The third kappa shape index (κ3) is 9.35. The Morgan fingerprint density at radius 2 is 1.58 bits per heavy atom. The van der Waals surface area contributed by atoms with Gasteiger partial charge < -0.3 is 14.6 Å². The zero-order valence-electron chi connectivity index (χ0n) is 6.70. The van der Waals surface area contributed by atoms with E-state index < -0.39 is 17.9 Å². The summed E-state index contributed by atoms with van der Waals surface area (Å²) >= 11 is 0. The molecule has 0 atom stereocenters. The molecule has 12 heavy (non-hydrogen) atoms. The van der Waals surface area contributed by atoms with Crippen molar-refractivity contribution in [3.05, 3.63) is 12.2 Å². The van der Waals surface area contributed by atoms with E-state index in [1.807, 2.05) is 0 Å². The molecule has 0 fully saturated rings. The maximum absolute atomic E-state index is 9.92. The van der Waals surface area contributed by atoms with Crippen molar-refractivity contribution < 1.29 is 53.8 Å². The first-order valence-corrected chi connectivity index (χ1v) is 2.64. The first-order chi connectivity index (χ1) is 5.02. The Balaban J connectivity index is 0.